The summed E-state index contributed by atoms with van der Waals surface area (Å²) in [6.45, 7) is 7.09. The molecule has 0 rings (SSSR count). The maximum atomic E-state index is 11.6. The standard InChI is InChI=1S/C11H21N3O4/c1-7(9(17)14-11(2,3)4)13-10(18)12-6-5-8(15)16/h7H,5-6H2,1-4H3,(H,14,17)(H,15,16)(H2,12,13,18). The number of rotatable bonds is 5. The van der Waals surface area contributed by atoms with Crippen molar-refractivity contribution in [3.8, 4) is 0 Å². The van der Waals surface area contributed by atoms with Crippen molar-refractivity contribution >= 4 is 17.9 Å². The van der Waals surface area contributed by atoms with Gasteiger partial charge in [0.05, 0.1) is 6.42 Å². The first-order chi connectivity index (χ1) is 8.11. The van der Waals surface area contributed by atoms with Crippen LogP contribution in [0.4, 0.5) is 4.79 Å². The summed E-state index contributed by atoms with van der Waals surface area (Å²) in [5.41, 5.74) is -0.368. The van der Waals surface area contributed by atoms with Gasteiger partial charge in [0.25, 0.3) is 0 Å². The van der Waals surface area contributed by atoms with Crippen LogP contribution in [-0.2, 0) is 9.59 Å². The van der Waals surface area contributed by atoms with Crippen LogP contribution in [-0.4, -0.2) is 41.1 Å². The predicted octanol–water partition coefficient (Wildman–Crippen LogP) is 0.0635. The zero-order valence-electron chi connectivity index (χ0n) is 11.2. The van der Waals surface area contributed by atoms with Crippen molar-refractivity contribution in [2.24, 2.45) is 0 Å². The number of hydrogen-bond donors (Lipinski definition) is 4. The van der Waals surface area contributed by atoms with Gasteiger partial charge in [-0.15, -0.1) is 0 Å². The van der Waals surface area contributed by atoms with E-state index in [1.54, 1.807) is 6.92 Å². The van der Waals surface area contributed by atoms with Crippen LogP contribution < -0.4 is 16.0 Å². The third-order valence-corrected chi connectivity index (χ3v) is 1.86. The summed E-state index contributed by atoms with van der Waals surface area (Å²) in [5, 5.41) is 15.9. The van der Waals surface area contributed by atoms with Crippen molar-refractivity contribution in [3.63, 3.8) is 0 Å². The highest BCUT2D eigenvalue weighted by Crippen LogP contribution is 1.99. The molecule has 0 radical (unpaired) electrons. The monoisotopic (exact) mass is 259 g/mol. The van der Waals surface area contributed by atoms with Gasteiger partial charge < -0.3 is 21.1 Å². The van der Waals surface area contributed by atoms with Gasteiger partial charge in [-0.3, -0.25) is 9.59 Å². The predicted molar refractivity (Wildman–Crippen MR) is 66.1 cm³/mol. The van der Waals surface area contributed by atoms with Gasteiger partial charge in [-0.05, 0) is 27.7 Å². The minimum Gasteiger partial charge on any atom is -0.481 e. The molecule has 4 N–H and O–H groups in total. The summed E-state index contributed by atoms with van der Waals surface area (Å²) in [6.07, 6.45) is -0.157. The van der Waals surface area contributed by atoms with Crippen LogP contribution in [0.3, 0.4) is 0 Å². The van der Waals surface area contributed by atoms with Crippen LogP contribution in [0.1, 0.15) is 34.1 Å². The Hall–Kier alpha value is -1.79. The quantitative estimate of drug-likeness (QED) is 0.560. The molecule has 0 aliphatic heterocycles. The van der Waals surface area contributed by atoms with Crippen molar-refractivity contribution in [1.29, 1.82) is 0 Å². The maximum absolute atomic E-state index is 11.6. The van der Waals surface area contributed by atoms with E-state index in [0.717, 1.165) is 0 Å². The summed E-state index contributed by atoms with van der Waals surface area (Å²) in [6, 6.07) is -1.25. The fraction of sp³-hybridized carbons (Fsp3) is 0.727. The number of aliphatic carboxylic acids is 1. The van der Waals surface area contributed by atoms with Crippen LogP contribution >= 0.6 is 0 Å². The summed E-state index contributed by atoms with van der Waals surface area (Å²) in [4.78, 5) is 33.2. The summed E-state index contributed by atoms with van der Waals surface area (Å²) >= 11 is 0. The first kappa shape index (κ1) is 16.2. The average molecular weight is 259 g/mol. The minimum atomic E-state index is -0.992. The molecule has 0 aliphatic rings. The number of carboxylic acid groups (broad SMARTS) is 1. The van der Waals surface area contributed by atoms with E-state index in [1.807, 2.05) is 20.8 Å². The molecule has 104 valence electrons. The maximum Gasteiger partial charge on any atom is 0.315 e. The van der Waals surface area contributed by atoms with Crippen molar-refractivity contribution in [1.82, 2.24) is 16.0 Å². The number of nitrogens with one attached hydrogen (secondary N) is 3. The van der Waals surface area contributed by atoms with Gasteiger partial charge in [-0.25, -0.2) is 4.79 Å². The highest BCUT2D eigenvalue weighted by Gasteiger charge is 2.20. The highest BCUT2D eigenvalue weighted by atomic mass is 16.4. The van der Waals surface area contributed by atoms with Gasteiger partial charge in [-0.2, -0.15) is 0 Å². The molecule has 0 aromatic carbocycles. The average Bonchev–Trinajstić information content (AvgIpc) is 2.13. The Balaban J connectivity index is 4.00. The van der Waals surface area contributed by atoms with E-state index < -0.39 is 18.0 Å². The molecule has 1 atom stereocenters. The largest absolute Gasteiger partial charge is 0.481 e. The van der Waals surface area contributed by atoms with Crippen molar-refractivity contribution in [3.05, 3.63) is 0 Å². The van der Waals surface area contributed by atoms with Crippen molar-refractivity contribution in [2.45, 2.75) is 45.7 Å². The van der Waals surface area contributed by atoms with Crippen molar-refractivity contribution in [2.75, 3.05) is 6.54 Å². The first-order valence-corrected chi connectivity index (χ1v) is 5.70. The van der Waals surface area contributed by atoms with E-state index in [4.69, 9.17) is 5.11 Å². The molecule has 0 aromatic heterocycles. The summed E-state index contributed by atoms with van der Waals surface area (Å²) in [5.74, 6) is -1.29. The van der Waals surface area contributed by atoms with E-state index in [2.05, 4.69) is 16.0 Å². The van der Waals surface area contributed by atoms with Crippen LogP contribution in [0.15, 0.2) is 0 Å². The van der Waals surface area contributed by atoms with Gasteiger partial charge >= 0.3 is 12.0 Å². The third-order valence-electron chi connectivity index (χ3n) is 1.86. The first-order valence-electron chi connectivity index (χ1n) is 5.70. The Labute approximate surface area is 106 Å². The summed E-state index contributed by atoms with van der Waals surface area (Å²) in [7, 11) is 0. The molecule has 1 unspecified atom stereocenters. The molecule has 7 nitrogen and oxygen atoms in total. The van der Waals surface area contributed by atoms with E-state index in [1.165, 1.54) is 0 Å². The molecule has 0 aliphatic carbocycles. The molecule has 0 aromatic rings. The second-order valence-corrected chi connectivity index (χ2v) is 5.00. The van der Waals surface area contributed by atoms with Gasteiger partial charge in [-0.1, -0.05) is 0 Å². The molecule has 0 bridgehead atoms. The second kappa shape index (κ2) is 6.83. The molecule has 3 amide bonds. The second-order valence-electron chi connectivity index (χ2n) is 5.00. The van der Waals surface area contributed by atoms with E-state index in [9.17, 15) is 14.4 Å². The zero-order valence-corrected chi connectivity index (χ0v) is 11.2. The van der Waals surface area contributed by atoms with Crippen molar-refractivity contribution < 1.29 is 19.5 Å². The Kier molecular flexibility index (Phi) is 6.15. The van der Waals surface area contributed by atoms with Gasteiger partial charge in [0, 0.05) is 12.1 Å². The number of urea groups is 1. The van der Waals surface area contributed by atoms with Crippen LogP contribution in [0.5, 0.6) is 0 Å². The SMILES string of the molecule is CC(NC(=O)NCCC(=O)O)C(=O)NC(C)(C)C. The lowest BCUT2D eigenvalue weighted by Gasteiger charge is -2.23. The zero-order chi connectivity index (χ0) is 14.3. The fourth-order valence-corrected chi connectivity index (χ4v) is 1.07. The molecular formula is C11H21N3O4. The Morgan fingerprint density at radius 3 is 2.22 bits per heavy atom. The smallest absolute Gasteiger partial charge is 0.315 e. The van der Waals surface area contributed by atoms with E-state index in [-0.39, 0.29) is 24.4 Å². The van der Waals surface area contributed by atoms with Crippen LogP contribution in [0.25, 0.3) is 0 Å². The molecule has 0 heterocycles. The molecule has 18 heavy (non-hydrogen) atoms. The summed E-state index contributed by atoms with van der Waals surface area (Å²) < 4.78 is 0. The topological polar surface area (TPSA) is 108 Å². The fourth-order valence-electron chi connectivity index (χ4n) is 1.07. The minimum absolute atomic E-state index is 0.0226. The Morgan fingerprint density at radius 2 is 1.78 bits per heavy atom. The molecule has 0 saturated heterocycles. The normalized spacial score (nSPS) is 12.4. The number of carbonyl (C=O) groups is 3. The van der Waals surface area contributed by atoms with Gasteiger partial charge in [0.15, 0.2) is 0 Å². The third kappa shape index (κ3) is 8.37. The molecular weight excluding hydrogens is 238 g/mol. The van der Waals surface area contributed by atoms with E-state index in [0.29, 0.717) is 0 Å². The molecule has 0 saturated carbocycles. The number of carbonyl (C=O) groups excluding carboxylic acids is 2. The Bertz CT molecular complexity index is 323. The lowest BCUT2D eigenvalue weighted by Crippen LogP contribution is -2.52. The van der Waals surface area contributed by atoms with Crippen LogP contribution in [0, 0.1) is 0 Å². The number of amides is 3. The highest BCUT2D eigenvalue weighted by molar-refractivity contribution is 5.87. The molecule has 0 spiro atoms. The van der Waals surface area contributed by atoms with Gasteiger partial charge in [0.1, 0.15) is 6.04 Å². The lowest BCUT2D eigenvalue weighted by atomic mass is 10.1. The molecule has 0 fully saturated rings. The lowest BCUT2D eigenvalue weighted by molar-refractivity contribution is -0.136. The van der Waals surface area contributed by atoms with E-state index >= 15 is 0 Å². The Morgan fingerprint density at radius 1 is 1.22 bits per heavy atom. The number of carboxylic acids is 1. The van der Waals surface area contributed by atoms with Gasteiger partial charge in [0.2, 0.25) is 5.91 Å². The number of hydrogen-bond acceptors (Lipinski definition) is 3. The van der Waals surface area contributed by atoms with Crippen LogP contribution in [0.2, 0.25) is 0 Å². The molecule has 7 heteroatoms.